The van der Waals surface area contributed by atoms with E-state index in [4.69, 9.17) is 9.47 Å². The molecule has 9 heteroatoms. The number of carbonyl (C=O) groups is 1. The minimum absolute atomic E-state index is 0.186. The summed E-state index contributed by atoms with van der Waals surface area (Å²) in [5, 5.41) is 53.4. The number of carbonyl (C=O) groups excluding carboxylic acids is 1. The number of nitrogens with one attached hydrogen (secondary N) is 1. The van der Waals surface area contributed by atoms with Gasteiger partial charge in [0.1, 0.15) is 24.4 Å². The maximum Gasteiger partial charge on any atom is 0.220 e. The number of hydrogen-bond donors (Lipinski definition) is 6. The van der Waals surface area contributed by atoms with Gasteiger partial charge in [-0.25, -0.2) is 0 Å². The summed E-state index contributed by atoms with van der Waals surface area (Å²) in [7, 11) is 0. The number of amides is 1. The Hall–Kier alpha value is -1.07. The third kappa shape index (κ3) is 17.0. The number of hydrogen-bond acceptors (Lipinski definition) is 8. The molecule has 0 spiro atoms. The Kier molecular flexibility index (Phi) is 22.6. The molecule has 7 atom stereocenters. The summed E-state index contributed by atoms with van der Waals surface area (Å²) < 4.78 is 11.0. The van der Waals surface area contributed by atoms with Gasteiger partial charge in [0.2, 0.25) is 5.91 Å². The number of ether oxygens (including phenoxy) is 2. The van der Waals surface area contributed by atoms with E-state index in [2.05, 4.69) is 19.2 Å². The van der Waals surface area contributed by atoms with Crippen molar-refractivity contribution in [2.24, 2.45) is 0 Å². The van der Waals surface area contributed by atoms with E-state index in [9.17, 15) is 30.3 Å². The van der Waals surface area contributed by atoms with Gasteiger partial charge in [-0.3, -0.25) is 4.79 Å². The van der Waals surface area contributed by atoms with E-state index in [1.165, 1.54) is 57.8 Å². The Labute approximate surface area is 248 Å². The van der Waals surface area contributed by atoms with Crippen molar-refractivity contribution in [3.05, 3.63) is 12.2 Å². The zero-order chi connectivity index (χ0) is 30.3. The van der Waals surface area contributed by atoms with Crippen LogP contribution in [-0.2, 0) is 14.3 Å². The molecule has 3 unspecified atom stereocenters. The van der Waals surface area contributed by atoms with Gasteiger partial charge in [0.05, 0.1) is 25.4 Å². The highest BCUT2D eigenvalue weighted by Crippen LogP contribution is 2.22. The Morgan fingerprint density at radius 3 is 1.90 bits per heavy atom. The second-order valence-corrected chi connectivity index (χ2v) is 11.6. The highest BCUT2D eigenvalue weighted by Gasteiger charge is 2.44. The molecular formula is C32H61NO8. The van der Waals surface area contributed by atoms with E-state index in [1.54, 1.807) is 6.08 Å². The Bertz CT molecular complexity index is 662. The van der Waals surface area contributed by atoms with Gasteiger partial charge in [-0.15, -0.1) is 0 Å². The molecule has 0 saturated carbocycles. The highest BCUT2D eigenvalue weighted by atomic mass is 16.7. The Morgan fingerprint density at radius 1 is 0.805 bits per heavy atom. The first kappa shape index (κ1) is 38.0. The van der Waals surface area contributed by atoms with Gasteiger partial charge in [-0.2, -0.15) is 0 Å². The smallest absolute Gasteiger partial charge is 0.220 e. The minimum Gasteiger partial charge on any atom is -0.394 e. The van der Waals surface area contributed by atoms with Crippen LogP contribution in [0.3, 0.4) is 0 Å². The van der Waals surface area contributed by atoms with E-state index in [0.29, 0.717) is 6.42 Å². The number of aliphatic hydroxyl groups excluding tert-OH is 5. The summed E-state index contributed by atoms with van der Waals surface area (Å²) in [4.78, 5) is 12.6. The molecule has 1 fully saturated rings. The van der Waals surface area contributed by atoms with Crippen molar-refractivity contribution in [1.29, 1.82) is 0 Å². The molecule has 0 bridgehead atoms. The summed E-state index contributed by atoms with van der Waals surface area (Å²) in [5.74, 6) is -0.193. The van der Waals surface area contributed by atoms with Crippen LogP contribution in [0.15, 0.2) is 12.2 Å². The first-order valence-corrected chi connectivity index (χ1v) is 16.4. The van der Waals surface area contributed by atoms with Gasteiger partial charge in [-0.1, -0.05) is 116 Å². The van der Waals surface area contributed by atoms with Gasteiger partial charge < -0.3 is 40.3 Å². The lowest BCUT2D eigenvalue weighted by molar-refractivity contribution is -0.302. The molecule has 1 rings (SSSR count). The molecule has 1 amide bonds. The lowest BCUT2D eigenvalue weighted by atomic mass is 9.99. The van der Waals surface area contributed by atoms with E-state index < -0.39 is 49.5 Å². The van der Waals surface area contributed by atoms with Gasteiger partial charge in [0.15, 0.2) is 6.29 Å². The number of unbranched alkanes of at least 4 members (excludes halogenated alkanes) is 15. The third-order valence-corrected chi connectivity index (χ3v) is 7.86. The zero-order valence-electron chi connectivity index (χ0n) is 25.8. The lowest BCUT2D eigenvalue weighted by Gasteiger charge is -2.40. The average Bonchev–Trinajstić information content (AvgIpc) is 2.97. The quantitative estimate of drug-likeness (QED) is 0.0685. The molecule has 0 aromatic carbocycles. The largest absolute Gasteiger partial charge is 0.394 e. The van der Waals surface area contributed by atoms with Crippen molar-refractivity contribution in [2.75, 3.05) is 13.2 Å². The molecular weight excluding hydrogens is 526 g/mol. The van der Waals surface area contributed by atoms with Crippen molar-refractivity contribution in [2.45, 2.75) is 172 Å². The molecule has 9 nitrogen and oxygen atoms in total. The maximum atomic E-state index is 12.6. The van der Waals surface area contributed by atoms with Crippen LogP contribution in [0.25, 0.3) is 0 Å². The topological polar surface area (TPSA) is 149 Å². The van der Waals surface area contributed by atoms with E-state index in [-0.39, 0.29) is 12.5 Å². The fourth-order valence-corrected chi connectivity index (χ4v) is 5.09. The van der Waals surface area contributed by atoms with Crippen LogP contribution < -0.4 is 5.32 Å². The summed E-state index contributed by atoms with van der Waals surface area (Å²) in [5.41, 5.74) is 0. The first-order chi connectivity index (χ1) is 19.8. The van der Waals surface area contributed by atoms with Gasteiger partial charge in [0, 0.05) is 6.42 Å². The van der Waals surface area contributed by atoms with Crippen LogP contribution in [0.1, 0.15) is 129 Å². The predicted octanol–water partition coefficient (Wildman–Crippen LogP) is 4.27. The normalized spacial score (nSPS) is 24.5. The molecule has 0 radical (unpaired) electrons. The average molecular weight is 588 g/mol. The van der Waals surface area contributed by atoms with Crippen molar-refractivity contribution in [3.63, 3.8) is 0 Å². The Morgan fingerprint density at radius 2 is 1.34 bits per heavy atom. The fraction of sp³-hybridized carbons (Fsp3) is 0.906. The molecule has 6 N–H and O–H groups in total. The van der Waals surface area contributed by atoms with Crippen molar-refractivity contribution >= 4 is 5.91 Å². The van der Waals surface area contributed by atoms with Crippen LogP contribution in [-0.4, -0.2) is 87.5 Å². The summed E-state index contributed by atoms with van der Waals surface area (Å²) in [6, 6.07) is -0.793. The number of aliphatic hydroxyl groups is 5. The van der Waals surface area contributed by atoms with Crippen molar-refractivity contribution < 1.29 is 39.8 Å². The van der Waals surface area contributed by atoms with Gasteiger partial charge >= 0.3 is 0 Å². The first-order valence-electron chi connectivity index (χ1n) is 16.4. The number of allylic oxidation sites excluding steroid dienone is 1. The second kappa shape index (κ2) is 24.4. The minimum atomic E-state index is -1.56. The molecule has 0 aromatic rings. The third-order valence-electron chi connectivity index (χ3n) is 7.86. The van der Waals surface area contributed by atoms with Gasteiger partial charge in [-0.05, 0) is 19.3 Å². The Balaban J connectivity index is 2.50. The fourth-order valence-electron chi connectivity index (χ4n) is 5.09. The van der Waals surface area contributed by atoms with Crippen molar-refractivity contribution in [1.82, 2.24) is 5.32 Å². The van der Waals surface area contributed by atoms with Crippen LogP contribution in [0.5, 0.6) is 0 Å². The zero-order valence-corrected chi connectivity index (χ0v) is 25.8. The molecule has 242 valence electrons. The van der Waals surface area contributed by atoms with Crippen LogP contribution in [0.2, 0.25) is 0 Å². The van der Waals surface area contributed by atoms with Crippen LogP contribution >= 0.6 is 0 Å². The monoisotopic (exact) mass is 587 g/mol. The van der Waals surface area contributed by atoms with Crippen LogP contribution in [0, 0.1) is 0 Å². The molecule has 0 aromatic heterocycles. The maximum absolute atomic E-state index is 12.6. The second-order valence-electron chi connectivity index (χ2n) is 11.6. The SMILES string of the molecule is CCCCCCCCCCCCC/C=C/[C@@H](O)[C@H](CO[C@H]1OC(CO)C(O)[C@H](O)C1O)NC(=O)CCCCCCC. The van der Waals surface area contributed by atoms with E-state index in [0.717, 1.165) is 51.4 Å². The van der Waals surface area contributed by atoms with E-state index in [1.807, 2.05) is 6.08 Å². The molecule has 41 heavy (non-hydrogen) atoms. The van der Waals surface area contributed by atoms with Crippen LogP contribution in [0.4, 0.5) is 0 Å². The molecule has 1 aliphatic rings. The number of rotatable bonds is 25. The van der Waals surface area contributed by atoms with E-state index >= 15 is 0 Å². The highest BCUT2D eigenvalue weighted by molar-refractivity contribution is 5.76. The summed E-state index contributed by atoms with van der Waals surface area (Å²) in [6.45, 7) is 3.63. The molecule has 1 heterocycles. The molecule has 1 aliphatic heterocycles. The summed E-state index contributed by atoms with van der Waals surface area (Å²) in [6.07, 6.45) is 15.8. The standard InChI is InChI=1S/C32H61NO8/c1-3-5-7-9-10-11-12-13-14-15-16-18-19-21-26(35)25(33-28(36)22-20-17-8-6-4-2)24-40-32-31(39)30(38)29(37)27(23-34)41-32/h19,21,25-27,29-32,34-35,37-39H,3-18,20,22-24H2,1-2H3,(H,33,36)/b21-19+/t25-,26+,27?,29?,30-,31?,32-/m0/s1. The van der Waals surface area contributed by atoms with Crippen molar-refractivity contribution in [3.8, 4) is 0 Å². The van der Waals surface area contributed by atoms with Gasteiger partial charge in [0.25, 0.3) is 0 Å². The molecule has 0 aliphatic carbocycles. The molecule has 1 saturated heterocycles. The summed E-state index contributed by atoms with van der Waals surface area (Å²) >= 11 is 0. The lowest BCUT2D eigenvalue weighted by Crippen LogP contribution is -2.60. The predicted molar refractivity (Wildman–Crippen MR) is 161 cm³/mol.